The summed E-state index contributed by atoms with van der Waals surface area (Å²) in [6, 6.07) is 171. The molecule has 0 amide bonds. The van der Waals surface area contributed by atoms with Crippen molar-refractivity contribution >= 4 is 217 Å². The predicted molar refractivity (Wildman–Crippen MR) is 611 cm³/mol. The normalized spacial score (nSPS) is 11.9. The van der Waals surface area contributed by atoms with E-state index in [2.05, 4.69) is 467 Å². The highest BCUT2D eigenvalue weighted by atomic mass is 32.1. The summed E-state index contributed by atoms with van der Waals surface area (Å²) in [4.78, 5) is 32.3. The molecule has 0 bridgehead atoms. The first-order valence-electron chi connectivity index (χ1n) is 49.6. The third kappa shape index (κ3) is 13.1. The molecule has 147 heavy (non-hydrogen) atoms. The number of benzene rings is 22. The Morgan fingerprint density at radius 2 is 0.476 bits per heavy atom. The molecule has 0 atom stereocenters. The third-order valence-electron chi connectivity index (χ3n) is 29.5. The van der Waals surface area contributed by atoms with Crippen LogP contribution in [0.5, 0.6) is 0 Å². The summed E-state index contributed by atoms with van der Waals surface area (Å²) in [5.41, 5.74) is 29.1. The zero-order chi connectivity index (χ0) is 96.4. The Bertz CT molecular complexity index is 11000. The van der Waals surface area contributed by atoms with Crippen LogP contribution in [0.15, 0.2) is 494 Å². The highest BCUT2D eigenvalue weighted by Crippen LogP contribution is 2.53. The van der Waals surface area contributed by atoms with Gasteiger partial charge in [0.05, 0.1) is 82.5 Å². The van der Waals surface area contributed by atoms with Crippen LogP contribution in [0.1, 0.15) is 0 Å². The molecule has 684 valence electrons. The van der Waals surface area contributed by atoms with Gasteiger partial charge in [0, 0.05) is 108 Å². The standard InChI is InChI=1S/C48H30N4.C44H25N3OS.C42H25N3O/c1-4-16-31(17-5-1)38-30-43-44(35-23-11-10-22-34(35)38)46-42(29-28-41-45(46)37-25-13-15-27-40(37)51(41)33-20-8-3-9-21-33)52(43)48-49-39-26-14-12-24-36(39)47(50-48)32-18-6-2-7-19-32;1-3-13-26(14-4-1)32-25-34-38(29-18-8-7-17-28(29)32)40-33(23-24-36-39(40)30-19-9-11-21-35(30)48-36)47(34)44-45-41(27-15-5-2-6-16-27)43-42(46-44)31-20-10-12-22-37(31)49-43;1-3-13-26(14-4-1)32-25-35-38(29-18-8-7-17-28(29)32)40-34(23-24-37-39(40)31-20-10-12-22-36(31)46-37)45(35)42-43-33-21-11-9-19-30(33)41(44-42)27-15-5-2-6-16-27/h1-30H;1-25H;1-25H. The maximum Gasteiger partial charge on any atom is 0.235 e. The van der Waals surface area contributed by atoms with Crippen molar-refractivity contribution in [2.24, 2.45) is 0 Å². The number of para-hydroxylation sites is 6. The molecule has 0 aliphatic rings. The fraction of sp³-hybridized carbons (Fsp3) is 0. The van der Waals surface area contributed by atoms with Gasteiger partial charge < -0.3 is 13.4 Å². The fourth-order valence-electron chi connectivity index (χ4n) is 23.3. The van der Waals surface area contributed by atoms with Crippen LogP contribution in [0.25, 0.3) is 296 Å². The molecule has 13 heteroatoms. The van der Waals surface area contributed by atoms with Gasteiger partial charge in [-0.1, -0.05) is 382 Å². The Kier molecular flexibility index (Phi) is 19.0. The fourth-order valence-corrected chi connectivity index (χ4v) is 24.4. The third-order valence-corrected chi connectivity index (χ3v) is 30.7. The first-order valence-corrected chi connectivity index (χ1v) is 50.4. The highest BCUT2D eigenvalue weighted by Gasteiger charge is 2.31. The maximum atomic E-state index is 6.46. The molecule has 0 aliphatic carbocycles. The molecule has 0 saturated carbocycles. The average Bonchev–Trinajstić information content (AvgIpc) is 1.54. The smallest absolute Gasteiger partial charge is 0.235 e. The van der Waals surface area contributed by atoms with E-state index in [1.807, 2.05) is 36.4 Å². The summed E-state index contributed by atoms with van der Waals surface area (Å²) < 4.78 is 24.4. The minimum Gasteiger partial charge on any atom is -0.456 e. The van der Waals surface area contributed by atoms with Gasteiger partial charge in [0.2, 0.25) is 17.8 Å². The number of aromatic nitrogens is 10. The van der Waals surface area contributed by atoms with Crippen LogP contribution in [0.2, 0.25) is 0 Å². The van der Waals surface area contributed by atoms with E-state index in [-0.39, 0.29) is 0 Å². The van der Waals surface area contributed by atoms with Gasteiger partial charge >= 0.3 is 0 Å². The van der Waals surface area contributed by atoms with E-state index in [0.717, 1.165) is 165 Å². The highest BCUT2D eigenvalue weighted by molar-refractivity contribution is 7.26. The van der Waals surface area contributed by atoms with E-state index in [0.29, 0.717) is 17.8 Å². The Hall–Kier alpha value is -19.6. The number of rotatable bonds is 10. The second-order valence-electron chi connectivity index (χ2n) is 37.6. The lowest BCUT2D eigenvalue weighted by molar-refractivity contribution is 0.669. The molecule has 32 rings (SSSR count). The first-order chi connectivity index (χ1) is 73.0. The minimum atomic E-state index is 0.638. The number of furan rings is 2. The molecular weight excluding hydrogens is 1810 g/mol. The van der Waals surface area contributed by atoms with Crippen molar-refractivity contribution < 1.29 is 8.83 Å². The molecule has 0 aliphatic heterocycles. The van der Waals surface area contributed by atoms with E-state index in [4.69, 9.17) is 38.7 Å². The molecule has 10 aromatic heterocycles. The predicted octanol–water partition coefficient (Wildman–Crippen LogP) is 35.8. The molecular formula is C134H80N10O2S. The van der Waals surface area contributed by atoms with Crippen LogP contribution in [-0.4, -0.2) is 48.2 Å². The molecule has 0 fully saturated rings. The van der Waals surface area contributed by atoms with E-state index in [1.165, 1.54) is 114 Å². The van der Waals surface area contributed by atoms with Gasteiger partial charge in [-0.15, -0.1) is 11.3 Å². The molecule has 32 aromatic rings. The second-order valence-corrected chi connectivity index (χ2v) is 38.7. The van der Waals surface area contributed by atoms with Crippen LogP contribution in [0.3, 0.4) is 0 Å². The SMILES string of the molecule is c1ccc(-c2cc3c(c4ccccc24)c2c4c(ccc2n3-c2nc(-c3ccccc3)c3sc5ccccc5c3n2)oc2ccccc24)cc1.c1ccc(-c2nc(-n3c4cc(-c5ccccc5)c5ccccc5c4c4c5c(ccc43)oc3ccccc35)nc3ccccc23)cc1.c1ccc(-c2nc(-n3c4cc(-c5ccccc5)c5ccccc5c4c4c5c6ccccc6n(-c6ccccc6)c5ccc43)nc3ccccc23)cc1. The van der Waals surface area contributed by atoms with Crippen LogP contribution >= 0.6 is 11.3 Å². The summed E-state index contributed by atoms with van der Waals surface area (Å²) in [5.74, 6) is 1.94. The van der Waals surface area contributed by atoms with Crippen LogP contribution in [0.4, 0.5) is 0 Å². The summed E-state index contributed by atoms with van der Waals surface area (Å²) in [6.45, 7) is 0. The Labute approximate surface area is 843 Å². The summed E-state index contributed by atoms with van der Waals surface area (Å²) in [5, 5.41) is 24.3. The first kappa shape index (κ1) is 83.2. The van der Waals surface area contributed by atoms with Gasteiger partial charge in [0.25, 0.3) is 0 Å². The number of hydrogen-bond donors (Lipinski definition) is 0. The Morgan fingerprint density at radius 1 is 0.177 bits per heavy atom. The second kappa shape index (κ2) is 33.6. The average molecular weight is 1890 g/mol. The molecule has 0 N–H and O–H groups in total. The molecule has 0 radical (unpaired) electrons. The van der Waals surface area contributed by atoms with E-state index < -0.39 is 0 Å². The number of hydrogen-bond acceptors (Lipinski definition) is 9. The quantitative estimate of drug-likeness (QED) is 0.133. The number of nitrogens with zero attached hydrogens (tertiary/aromatic N) is 10. The van der Waals surface area contributed by atoms with Crippen molar-refractivity contribution in [2.75, 3.05) is 0 Å². The van der Waals surface area contributed by atoms with Crippen molar-refractivity contribution in [3.8, 4) is 90.7 Å². The van der Waals surface area contributed by atoms with E-state index in [1.54, 1.807) is 11.3 Å². The van der Waals surface area contributed by atoms with Gasteiger partial charge in [-0.05, 0) is 169 Å². The Morgan fingerprint density at radius 3 is 0.905 bits per heavy atom. The van der Waals surface area contributed by atoms with Crippen LogP contribution in [0, 0.1) is 0 Å². The summed E-state index contributed by atoms with van der Waals surface area (Å²) in [7, 11) is 0. The lowest BCUT2D eigenvalue weighted by Gasteiger charge is -2.13. The van der Waals surface area contributed by atoms with Crippen LogP contribution in [-0.2, 0) is 0 Å². The topological polar surface area (TPSA) is 123 Å². The number of fused-ring (bicyclic) bond motifs is 32. The molecule has 0 saturated heterocycles. The van der Waals surface area contributed by atoms with Crippen molar-refractivity contribution in [1.29, 1.82) is 0 Å². The lowest BCUT2D eigenvalue weighted by Crippen LogP contribution is -2.03. The maximum absolute atomic E-state index is 6.46. The summed E-state index contributed by atoms with van der Waals surface area (Å²) in [6.07, 6.45) is 0. The minimum absolute atomic E-state index is 0.638. The monoisotopic (exact) mass is 1890 g/mol. The summed E-state index contributed by atoms with van der Waals surface area (Å²) >= 11 is 1.76. The lowest BCUT2D eigenvalue weighted by atomic mass is 9.94. The van der Waals surface area contributed by atoms with Gasteiger partial charge in [0.15, 0.2) is 0 Å². The van der Waals surface area contributed by atoms with Gasteiger partial charge in [0.1, 0.15) is 22.3 Å². The zero-order valence-electron chi connectivity index (χ0n) is 78.9. The van der Waals surface area contributed by atoms with Crippen molar-refractivity contribution in [1.82, 2.24) is 48.2 Å². The molecule has 10 heterocycles. The van der Waals surface area contributed by atoms with Gasteiger partial charge in [-0.3, -0.25) is 13.7 Å². The molecule has 22 aromatic carbocycles. The Balaban J connectivity index is 0.000000102. The van der Waals surface area contributed by atoms with Crippen molar-refractivity contribution in [3.63, 3.8) is 0 Å². The van der Waals surface area contributed by atoms with Gasteiger partial charge in [-0.25, -0.2) is 29.9 Å². The van der Waals surface area contributed by atoms with E-state index in [9.17, 15) is 0 Å². The molecule has 0 unspecified atom stereocenters. The van der Waals surface area contributed by atoms with Gasteiger partial charge in [-0.2, -0.15) is 0 Å². The van der Waals surface area contributed by atoms with E-state index >= 15 is 0 Å². The molecule has 12 nitrogen and oxygen atoms in total. The number of thiophene rings is 1. The van der Waals surface area contributed by atoms with Crippen molar-refractivity contribution in [3.05, 3.63) is 485 Å². The molecule has 0 spiro atoms. The van der Waals surface area contributed by atoms with Crippen molar-refractivity contribution in [2.45, 2.75) is 0 Å². The van der Waals surface area contributed by atoms with Crippen LogP contribution < -0.4 is 0 Å². The zero-order valence-corrected chi connectivity index (χ0v) is 79.7. The largest absolute Gasteiger partial charge is 0.456 e.